The Labute approximate surface area is 146 Å². The van der Waals surface area contributed by atoms with Gasteiger partial charge < -0.3 is 14.2 Å². The second-order valence-corrected chi connectivity index (χ2v) is 7.86. The van der Waals surface area contributed by atoms with Gasteiger partial charge in [0.15, 0.2) is 0 Å². The SMILES string of the molecule is CC1(C)OB(c2ccc(N3CCCC(C(F)(F)F)C3)nc2)OC1(C)C. The molecule has 138 valence electrons. The average molecular weight is 356 g/mol. The summed E-state index contributed by atoms with van der Waals surface area (Å²) in [5.41, 5.74) is -0.112. The summed E-state index contributed by atoms with van der Waals surface area (Å²) in [5.74, 6) is -0.722. The summed E-state index contributed by atoms with van der Waals surface area (Å²) in [7, 11) is -0.518. The Kier molecular flexibility index (Phi) is 4.56. The van der Waals surface area contributed by atoms with Crippen molar-refractivity contribution in [1.82, 2.24) is 4.98 Å². The van der Waals surface area contributed by atoms with Crippen LogP contribution in [0.5, 0.6) is 0 Å². The topological polar surface area (TPSA) is 34.6 Å². The van der Waals surface area contributed by atoms with Crippen molar-refractivity contribution in [3.8, 4) is 0 Å². The van der Waals surface area contributed by atoms with E-state index in [1.807, 2.05) is 33.8 Å². The highest BCUT2D eigenvalue weighted by molar-refractivity contribution is 6.62. The quantitative estimate of drug-likeness (QED) is 0.763. The number of pyridine rings is 1. The maximum atomic E-state index is 13.0. The third-order valence-electron chi connectivity index (χ3n) is 5.50. The molecule has 0 amide bonds. The van der Waals surface area contributed by atoms with E-state index in [-0.39, 0.29) is 13.0 Å². The smallest absolute Gasteiger partial charge is 0.399 e. The highest BCUT2D eigenvalue weighted by Crippen LogP contribution is 2.37. The van der Waals surface area contributed by atoms with E-state index in [0.717, 1.165) is 5.46 Å². The van der Waals surface area contributed by atoms with Crippen LogP contribution in [-0.4, -0.2) is 42.6 Å². The highest BCUT2D eigenvalue weighted by Gasteiger charge is 2.51. The van der Waals surface area contributed by atoms with Crippen LogP contribution in [0.15, 0.2) is 18.3 Å². The number of aromatic nitrogens is 1. The Morgan fingerprint density at radius 3 is 2.32 bits per heavy atom. The fourth-order valence-electron chi connectivity index (χ4n) is 3.16. The van der Waals surface area contributed by atoms with Gasteiger partial charge in [-0.2, -0.15) is 13.2 Å². The Bertz CT molecular complexity index is 603. The van der Waals surface area contributed by atoms with Crippen LogP contribution >= 0.6 is 0 Å². The molecule has 8 heteroatoms. The number of anilines is 1. The predicted octanol–water partition coefficient (Wildman–Crippen LogP) is 3.16. The van der Waals surface area contributed by atoms with Gasteiger partial charge in [0.2, 0.25) is 0 Å². The zero-order valence-electron chi connectivity index (χ0n) is 15.1. The summed E-state index contributed by atoms with van der Waals surface area (Å²) in [6, 6.07) is 3.57. The molecule has 25 heavy (non-hydrogen) atoms. The number of hydrogen-bond acceptors (Lipinski definition) is 4. The van der Waals surface area contributed by atoms with Gasteiger partial charge in [-0.25, -0.2) is 4.98 Å². The molecule has 0 N–H and O–H groups in total. The molecular formula is C17H24BF3N2O2. The van der Waals surface area contributed by atoms with Crippen molar-refractivity contribution in [1.29, 1.82) is 0 Å². The van der Waals surface area contributed by atoms with Gasteiger partial charge in [0.25, 0.3) is 0 Å². The first-order valence-electron chi connectivity index (χ1n) is 8.63. The fourth-order valence-corrected chi connectivity index (χ4v) is 3.16. The minimum absolute atomic E-state index is 0.0354. The molecule has 0 spiro atoms. The van der Waals surface area contributed by atoms with Gasteiger partial charge in [0.05, 0.1) is 17.1 Å². The number of rotatable bonds is 2. The van der Waals surface area contributed by atoms with Crippen LogP contribution in [0.3, 0.4) is 0 Å². The van der Waals surface area contributed by atoms with Crippen molar-refractivity contribution in [2.75, 3.05) is 18.0 Å². The molecule has 0 radical (unpaired) electrons. The number of piperidine rings is 1. The minimum Gasteiger partial charge on any atom is -0.399 e. The molecule has 3 heterocycles. The molecule has 1 aromatic rings. The molecule has 0 saturated carbocycles. The lowest BCUT2D eigenvalue weighted by molar-refractivity contribution is -0.176. The highest BCUT2D eigenvalue weighted by atomic mass is 19.4. The Hall–Kier alpha value is -1.28. The monoisotopic (exact) mass is 356 g/mol. The van der Waals surface area contributed by atoms with E-state index in [2.05, 4.69) is 4.98 Å². The lowest BCUT2D eigenvalue weighted by atomic mass is 9.80. The Morgan fingerprint density at radius 1 is 1.16 bits per heavy atom. The van der Waals surface area contributed by atoms with Crippen molar-refractivity contribution < 1.29 is 22.5 Å². The van der Waals surface area contributed by atoms with Crippen LogP contribution in [0.1, 0.15) is 40.5 Å². The van der Waals surface area contributed by atoms with Gasteiger partial charge in [-0.3, -0.25) is 0 Å². The van der Waals surface area contributed by atoms with Crippen LogP contribution in [0.4, 0.5) is 19.0 Å². The van der Waals surface area contributed by atoms with E-state index < -0.39 is 30.4 Å². The molecule has 0 bridgehead atoms. The number of halogens is 3. The van der Waals surface area contributed by atoms with Gasteiger partial charge in [-0.05, 0) is 46.6 Å². The second kappa shape index (κ2) is 6.16. The van der Waals surface area contributed by atoms with E-state index in [4.69, 9.17) is 9.31 Å². The zero-order valence-corrected chi connectivity index (χ0v) is 15.1. The normalized spacial score (nSPS) is 26.1. The molecular weight excluding hydrogens is 332 g/mol. The van der Waals surface area contributed by atoms with Gasteiger partial charge in [0.1, 0.15) is 5.82 Å². The van der Waals surface area contributed by atoms with Crippen LogP contribution < -0.4 is 10.4 Å². The lowest BCUT2D eigenvalue weighted by Gasteiger charge is -2.34. The summed E-state index contributed by atoms with van der Waals surface area (Å²) in [5, 5.41) is 0. The molecule has 2 saturated heterocycles. The maximum absolute atomic E-state index is 13.0. The molecule has 2 fully saturated rings. The van der Waals surface area contributed by atoms with Crippen LogP contribution in [0.25, 0.3) is 0 Å². The van der Waals surface area contributed by atoms with E-state index in [9.17, 15) is 13.2 Å². The largest absolute Gasteiger partial charge is 0.496 e. The Morgan fingerprint density at radius 2 is 1.80 bits per heavy atom. The van der Waals surface area contributed by atoms with Gasteiger partial charge in [-0.1, -0.05) is 6.07 Å². The summed E-state index contributed by atoms with van der Waals surface area (Å²) in [6.45, 7) is 8.45. The van der Waals surface area contributed by atoms with Crippen LogP contribution in [-0.2, 0) is 9.31 Å². The summed E-state index contributed by atoms with van der Waals surface area (Å²) < 4.78 is 50.8. The Balaban J connectivity index is 1.71. The standard InChI is InChI=1S/C17H24BF3N2O2/c1-15(2)16(3,4)25-18(24-15)13-7-8-14(22-10-13)23-9-5-6-12(11-23)17(19,20)21/h7-8,10,12H,5-6,9,11H2,1-4H3. The van der Waals surface area contributed by atoms with Gasteiger partial charge in [0, 0.05) is 24.7 Å². The second-order valence-electron chi connectivity index (χ2n) is 7.86. The molecule has 1 unspecified atom stereocenters. The summed E-state index contributed by atoms with van der Waals surface area (Å²) >= 11 is 0. The summed E-state index contributed by atoms with van der Waals surface area (Å²) in [4.78, 5) is 6.06. The van der Waals surface area contributed by atoms with Crippen molar-refractivity contribution in [3.63, 3.8) is 0 Å². The molecule has 1 atom stereocenters. The molecule has 3 rings (SSSR count). The van der Waals surface area contributed by atoms with Crippen LogP contribution in [0, 0.1) is 5.92 Å². The molecule has 0 aromatic carbocycles. The maximum Gasteiger partial charge on any atom is 0.496 e. The lowest BCUT2D eigenvalue weighted by Crippen LogP contribution is -2.42. The minimum atomic E-state index is -4.15. The van der Waals surface area contributed by atoms with E-state index in [1.165, 1.54) is 0 Å². The van der Waals surface area contributed by atoms with Gasteiger partial charge in [-0.15, -0.1) is 0 Å². The van der Waals surface area contributed by atoms with Crippen LogP contribution in [0.2, 0.25) is 0 Å². The molecule has 4 nitrogen and oxygen atoms in total. The molecule has 1 aromatic heterocycles. The fraction of sp³-hybridized carbons (Fsp3) is 0.706. The number of nitrogens with zero attached hydrogens (tertiary/aromatic N) is 2. The van der Waals surface area contributed by atoms with Crippen molar-refractivity contribution >= 4 is 18.4 Å². The summed E-state index contributed by atoms with van der Waals surface area (Å²) in [6.07, 6.45) is -1.81. The third kappa shape index (κ3) is 3.65. The number of alkyl halides is 3. The van der Waals surface area contributed by atoms with Gasteiger partial charge >= 0.3 is 13.3 Å². The van der Waals surface area contributed by atoms with E-state index in [0.29, 0.717) is 18.8 Å². The molecule has 2 aliphatic rings. The molecule has 0 aliphatic carbocycles. The van der Waals surface area contributed by atoms with E-state index >= 15 is 0 Å². The third-order valence-corrected chi connectivity index (χ3v) is 5.50. The predicted molar refractivity (Wildman–Crippen MR) is 90.9 cm³/mol. The first kappa shape index (κ1) is 18.5. The van der Waals surface area contributed by atoms with Crippen molar-refractivity contribution in [3.05, 3.63) is 18.3 Å². The average Bonchev–Trinajstić information content (AvgIpc) is 2.75. The molecule has 2 aliphatic heterocycles. The number of hydrogen-bond donors (Lipinski definition) is 0. The first-order chi connectivity index (χ1) is 11.5. The van der Waals surface area contributed by atoms with Crippen molar-refractivity contribution in [2.45, 2.75) is 57.9 Å². The first-order valence-corrected chi connectivity index (χ1v) is 8.63. The van der Waals surface area contributed by atoms with Crippen molar-refractivity contribution in [2.24, 2.45) is 5.92 Å². The zero-order chi connectivity index (χ0) is 18.5. The van der Waals surface area contributed by atoms with E-state index in [1.54, 1.807) is 17.2 Å².